The molecule has 0 aliphatic heterocycles. The molecule has 5 heteroatoms. The highest BCUT2D eigenvalue weighted by Crippen LogP contribution is 2.33. The van der Waals surface area contributed by atoms with Crippen LogP contribution in [0.3, 0.4) is 0 Å². The van der Waals surface area contributed by atoms with Gasteiger partial charge in [-0.05, 0) is 48.4 Å². The Hall–Kier alpha value is -1.59. The van der Waals surface area contributed by atoms with E-state index in [4.69, 9.17) is 4.74 Å². The number of phenols is 1. The molecule has 1 aromatic heterocycles. The molecule has 0 spiro atoms. The summed E-state index contributed by atoms with van der Waals surface area (Å²) in [5, 5.41) is 9.66. The van der Waals surface area contributed by atoms with Crippen LogP contribution in [0, 0.1) is 0 Å². The number of benzene rings is 1. The number of hydrogen-bond donors (Lipinski definition) is 1. The summed E-state index contributed by atoms with van der Waals surface area (Å²) in [6.07, 6.45) is 4.17. The molecule has 0 saturated carbocycles. The van der Waals surface area contributed by atoms with Crippen LogP contribution in [0.5, 0.6) is 11.5 Å². The number of ether oxygens (including phenoxy) is 1. The van der Waals surface area contributed by atoms with Crippen LogP contribution in [0.4, 0.5) is 0 Å². The third-order valence-electron chi connectivity index (χ3n) is 2.97. The number of thiophene rings is 1. The maximum Gasteiger partial charge on any atom is 0.195 e. The van der Waals surface area contributed by atoms with Gasteiger partial charge in [0.25, 0.3) is 0 Å². The quantitative estimate of drug-likeness (QED) is 0.616. The number of carbonyl (C=O) groups is 1. The predicted octanol–water partition coefficient (Wildman–Crippen LogP) is 4.68. The van der Waals surface area contributed by atoms with Crippen molar-refractivity contribution in [2.45, 2.75) is 13.3 Å². The number of rotatable bonds is 5. The van der Waals surface area contributed by atoms with Crippen LogP contribution in [0.2, 0.25) is 0 Å². The Bertz CT molecular complexity index is 689. The summed E-state index contributed by atoms with van der Waals surface area (Å²) in [6.45, 7) is 2.07. The Kier molecular flexibility index (Phi) is 5.20. The average molecular weight is 367 g/mol. The van der Waals surface area contributed by atoms with E-state index >= 15 is 0 Å². The molecule has 0 amide bonds. The van der Waals surface area contributed by atoms with Gasteiger partial charge in [0.05, 0.1) is 12.0 Å². The fourth-order valence-corrected chi connectivity index (χ4v) is 3.13. The molecule has 110 valence electrons. The van der Waals surface area contributed by atoms with E-state index in [0.717, 1.165) is 16.9 Å². The zero-order valence-electron chi connectivity index (χ0n) is 11.7. The largest absolute Gasteiger partial charge is 0.504 e. The maximum absolute atomic E-state index is 12.1. The summed E-state index contributed by atoms with van der Waals surface area (Å²) in [7, 11) is 1.49. The zero-order chi connectivity index (χ0) is 15.4. The first-order chi connectivity index (χ1) is 10.0. The van der Waals surface area contributed by atoms with Gasteiger partial charge in [0.2, 0.25) is 0 Å². The molecule has 2 aromatic rings. The summed E-state index contributed by atoms with van der Waals surface area (Å²) in [4.78, 5) is 14.0. The predicted molar refractivity (Wildman–Crippen MR) is 89.4 cm³/mol. The molecule has 1 N–H and O–H groups in total. The van der Waals surface area contributed by atoms with Crippen LogP contribution in [-0.2, 0) is 6.42 Å². The molecular formula is C16H15BrO3S. The molecule has 0 bridgehead atoms. The normalized spacial score (nSPS) is 11.0. The minimum atomic E-state index is -0.0290. The van der Waals surface area contributed by atoms with Gasteiger partial charge in [-0.15, -0.1) is 11.3 Å². The third kappa shape index (κ3) is 3.74. The molecule has 3 nitrogen and oxygen atoms in total. The Morgan fingerprint density at radius 1 is 1.43 bits per heavy atom. The minimum absolute atomic E-state index is 0.0290. The minimum Gasteiger partial charge on any atom is -0.504 e. The lowest BCUT2D eigenvalue weighted by Crippen LogP contribution is -1.90. The Balaban J connectivity index is 2.22. The molecule has 21 heavy (non-hydrogen) atoms. The van der Waals surface area contributed by atoms with Crippen molar-refractivity contribution in [1.29, 1.82) is 0 Å². The van der Waals surface area contributed by atoms with Gasteiger partial charge in [-0.3, -0.25) is 4.79 Å². The highest BCUT2D eigenvalue weighted by atomic mass is 79.9. The summed E-state index contributed by atoms with van der Waals surface area (Å²) >= 11 is 4.87. The SMILES string of the molecule is CCc1ccc(C(=O)C=Cc2cc(OC)c(O)cc2Br)s1. The summed E-state index contributed by atoms with van der Waals surface area (Å²) in [6, 6.07) is 7.05. The molecule has 0 aliphatic rings. The fraction of sp³-hybridized carbons (Fsp3) is 0.188. The molecule has 0 radical (unpaired) electrons. The van der Waals surface area contributed by atoms with Gasteiger partial charge in [0, 0.05) is 9.35 Å². The van der Waals surface area contributed by atoms with Crippen molar-refractivity contribution < 1.29 is 14.6 Å². The van der Waals surface area contributed by atoms with E-state index in [-0.39, 0.29) is 11.5 Å². The van der Waals surface area contributed by atoms with Crippen molar-refractivity contribution in [2.75, 3.05) is 7.11 Å². The van der Waals surface area contributed by atoms with Crippen LogP contribution in [-0.4, -0.2) is 18.0 Å². The molecule has 0 saturated heterocycles. The van der Waals surface area contributed by atoms with Crippen molar-refractivity contribution in [3.05, 3.63) is 50.1 Å². The number of halogens is 1. The van der Waals surface area contributed by atoms with Gasteiger partial charge < -0.3 is 9.84 Å². The van der Waals surface area contributed by atoms with E-state index in [9.17, 15) is 9.90 Å². The number of ketones is 1. The van der Waals surface area contributed by atoms with Crippen molar-refractivity contribution in [1.82, 2.24) is 0 Å². The van der Waals surface area contributed by atoms with Gasteiger partial charge in [-0.25, -0.2) is 0 Å². The van der Waals surface area contributed by atoms with Crippen LogP contribution >= 0.6 is 27.3 Å². The lowest BCUT2D eigenvalue weighted by Gasteiger charge is -2.06. The number of hydrogen-bond acceptors (Lipinski definition) is 4. The molecule has 0 unspecified atom stereocenters. The third-order valence-corrected chi connectivity index (χ3v) is 4.90. The summed E-state index contributed by atoms with van der Waals surface area (Å²) in [5.41, 5.74) is 0.769. The Morgan fingerprint density at radius 2 is 2.19 bits per heavy atom. The van der Waals surface area contributed by atoms with E-state index in [1.165, 1.54) is 29.4 Å². The summed E-state index contributed by atoms with van der Waals surface area (Å²) in [5.74, 6) is 0.395. The first-order valence-electron chi connectivity index (χ1n) is 6.42. The second-order valence-electron chi connectivity index (χ2n) is 4.36. The fourth-order valence-electron chi connectivity index (χ4n) is 1.80. The Morgan fingerprint density at radius 3 is 2.81 bits per heavy atom. The topological polar surface area (TPSA) is 46.5 Å². The van der Waals surface area contributed by atoms with Gasteiger partial charge in [-0.1, -0.05) is 22.9 Å². The smallest absolute Gasteiger partial charge is 0.195 e. The van der Waals surface area contributed by atoms with Crippen molar-refractivity contribution in [3.63, 3.8) is 0 Å². The number of allylic oxidation sites excluding steroid dienone is 1. The number of aromatic hydroxyl groups is 1. The van der Waals surface area contributed by atoms with Crippen molar-refractivity contribution >= 4 is 39.1 Å². The van der Waals surface area contributed by atoms with Crippen LogP contribution in [0.25, 0.3) is 6.08 Å². The first-order valence-corrected chi connectivity index (χ1v) is 8.03. The number of aryl methyl sites for hydroxylation is 1. The van der Waals surface area contributed by atoms with E-state index in [2.05, 4.69) is 22.9 Å². The Labute approximate surface area is 136 Å². The van der Waals surface area contributed by atoms with Crippen LogP contribution < -0.4 is 4.74 Å². The highest BCUT2D eigenvalue weighted by molar-refractivity contribution is 9.10. The van der Waals surface area contributed by atoms with E-state index in [1.54, 1.807) is 18.2 Å². The molecule has 0 atom stereocenters. The molecule has 0 aliphatic carbocycles. The first kappa shape index (κ1) is 15.8. The number of phenolic OH excluding ortho intramolecular Hbond substituents is 1. The lowest BCUT2D eigenvalue weighted by atomic mass is 10.1. The van der Waals surface area contributed by atoms with E-state index < -0.39 is 0 Å². The summed E-state index contributed by atoms with van der Waals surface area (Å²) < 4.78 is 5.76. The molecule has 1 heterocycles. The standard InChI is InChI=1S/C16H15BrO3S/c1-3-11-5-7-16(21-11)13(18)6-4-10-8-15(20-2)14(19)9-12(10)17/h4-9,19H,3H2,1-2H3. The monoisotopic (exact) mass is 366 g/mol. The maximum atomic E-state index is 12.1. The highest BCUT2D eigenvalue weighted by Gasteiger charge is 2.08. The molecule has 0 fully saturated rings. The van der Waals surface area contributed by atoms with Gasteiger partial charge in [0.1, 0.15) is 0 Å². The second-order valence-corrected chi connectivity index (χ2v) is 6.39. The number of methoxy groups -OCH3 is 1. The lowest BCUT2D eigenvalue weighted by molar-refractivity contribution is 0.105. The number of carbonyl (C=O) groups excluding carboxylic acids is 1. The molecule has 2 rings (SSSR count). The van der Waals surface area contributed by atoms with Gasteiger partial charge in [-0.2, -0.15) is 0 Å². The van der Waals surface area contributed by atoms with Crippen molar-refractivity contribution in [2.24, 2.45) is 0 Å². The second kappa shape index (κ2) is 6.91. The van der Waals surface area contributed by atoms with E-state index in [0.29, 0.717) is 10.2 Å². The molecule has 1 aromatic carbocycles. The van der Waals surface area contributed by atoms with Crippen LogP contribution in [0.1, 0.15) is 27.0 Å². The van der Waals surface area contributed by atoms with Crippen LogP contribution in [0.15, 0.2) is 34.8 Å². The molecular weight excluding hydrogens is 352 g/mol. The zero-order valence-corrected chi connectivity index (χ0v) is 14.1. The van der Waals surface area contributed by atoms with Gasteiger partial charge >= 0.3 is 0 Å². The average Bonchev–Trinajstić information content (AvgIpc) is 2.95. The van der Waals surface area contributed by atoms with Crippen molar-refractivity contribution in [3.8, 4) is 11.5 Å². The van der Waals surface area contributed by atoms with Gasteiger partial charge in [0.15, 0.2) is 17.3 Å². The van der Waals surface area contributed by atoms with E-state index in [1.807, 2.05) is 12.1 Å².